The third kappa shape index (κ3) is 4.86. The van der Waals surface area contributed by atoms with Crippen molar-refractivity contribution in [3.63, 3.8) is 0 Å². The van der Waals surface area contributed by atoms with Gasteiger partial charge in [0.05, 0.1) is 11.4 Å². The number of hydrogen-bond acceptors (Lipinski definition) is 3. The van der Waals surface area contributed by atoms with Gasteiger partial charge < -0.3 is 5.32 Å². The van der Waals surface area contributed by atoms with Crippen LogP contribution in [0.2, 0.25) is 0 Å². The molecule has 4 nitrogen and oxygen atoms in total. The molecule has 1 fully saturated rings. The molecular formula is C24H29FN2O2S. The summed E-state index contributed by atoms with van der Waals surface area (Å²) in [6, 6.07) is 12.4. The average Bonchev–Trinajstić information content (AvgIpc) is 3.12. The van der Waals surface area contributed by atoms with E-state index in [1.54, 1.807) is 24.0 Å². The molecule has 0 bridgehead atoms. The van der Waals surface area contributed by atoms with Gasteiger partial charge in [-0.05, 0) is 49.6 Å². The molecule has 1 saturated heterocycles. The van der Waals surface area contributed by atoms with Crippen LogP contribution in [0.3, 0.4) is 0 Å². The predicted molar refractivity (Wildman–Crippen MR) is 122 cm³/mol. The van der Waals surface area contributed by atoms with Gasteiger partial charge in [0, 0.05) is 17.2 Å². The van der Waals surface area contributed by atoms with Crippen LogP contribution in [0.25, 0.3) is 0 Å². The Morgan fingerprint density at radius 3 is 2.77 bits per heavy atom. The fourth-order valence-electron chi connectivity index (χ4n) is 3.77. The predicted octanol–water partition coefficient (Wildman–Crippen LogP) is 6.07. The molecule has 1 aliphatic rings. The molecule has 3 rings (SSSR count). The molecular weight excluding hydrogens is 399 g/mol. The number of nitrogens with one attached hydrogen (secondary N) is 1. The van der Waals surface area contributed by atoms with Crippen molar-refractivity contribution in [3.05, 3.63) is 59.4 Å². The van der Waals surface area contributed by atoms with E-state index in [9.17, 15) is 14.0 Å². The van der Waals surface area contributed by atoms with E-state index in [1.807, 2.05) is 31.2 Å². The normalized spacial score (nSPS) is 17.3. The molecule has 2 amide bonds. The van der Waals surface area contributed by atoms with Crippen LogP contribution in [0.4, 0.5) is 15.8 Å². The number of hydrogen-bond donors (Lipinski definition) is 1. The van der Waals surface area contributed by atoms with Gasteiger partial charge in [0.15, 0.2) is 0 Å². The van der Waals surface area contributed by atoms with Gasteiger partial charge in [-0.2, -0.15) is 0 Å². The first-order valence-electron chi connectivity index (χ1n) is 10.6. The lowest BCUT2D eigenvalue weighted by atomic mass is 9.98. The van der Waals surface area contributed by atoms with Crippen LogP contribution in [0, 0.1) is 18.7 Å². The monoisotopic (exact) mass is 428 g/mol. The summed E-state index contributed by atoms with van der Waals surface area (Å²) in [5, 5.41) is 2.79. The smallest absolute Gasteiger partial charge is 0.238 e. The average molecular weight is 429 g/mol. The lowest BCUT2D eigenvalue weighted by Crippen LogP contribution is -2.29. The zero-order valence-corrected chi connectivity index (χ0v) is 18.6. The van der Waals surface area contributed by atoms with E-state index in [1.165, 1.54) is 17.8 Å². The Balaban J connectivity index is 1.83. The molecule has 0 aromatic heterocycles. The summed E-state index contributed by atoms with van der Waals surface area (Å²) in [5.41, 5.74) is 2.69. The molecule has 0 radical (unpaired) electrons. The van der Waals surface area contributed by atoms with Crippen molar-refractivity contribution < 1.29 is 14.0 Å². The summed E-state index contributed by atoms with van der Waals surface area (Å²) in [6.45, 7) is 5.85. The Kier molecular flexibility index (Phi) is 7.53. The SMILES string of the molecule is CCCCC(CC)C(=O)Nc1cccc(C2SCC(=O)N2c2cccc(F)c2C)c1. The number of halogens is 1. The van der Waals surface area contributed by atoms with Crippen molar-refractivity contribution >= 4 is 35.0 Å². The first-order valence-corrected chi connectivity index (χ1v) is 11.6. The molecule has 1 N–H and O–H groups in total. The molecule has 2 aromatic rings. The molecule has 0 saturated carbocycles. The van der Waals surface area contributed by atoms with E-state index in [4.69, 9.17) is 0 Å². The number of thioether (sulfide) groups is 1. The van der Waals surface area contributed by atoms with Crippen LogP contribution in [-0.4, -0.2) is 17.6 Å². The Morgan fingerprint density at radius 1 is 1.27 bits per heavy atom. The van der Waals surface area contributed by atoms with E-state index in [-0.39, 0.29) is 28.9 Å². The molecule has 2 atom stereocenters. The first-order chi connectivity index (χ1) is 14.5. The van der Waals surface area contributed by atoms with Crippen LogP contribution < -0.4 is 10.2 Å². The minimum absolute atomic E-state index is 0.00230. The summed E-state index contributed by atoms with van der Waals surface area (Å²) in [7, 11) is 0. The van der Waals surface area contributed by atoms with E-state index in [2.05, 4.69) is 12.2 Å². The van der Waals surface area contributed by atoms with Gasteiger partial charge in [-0.15, -0.1) is 11.8 Å². The van der Waals surface area contributed by atoms with E-state index in [0.29, 0.717) is 17.0 Å². The summed E-state index contributed by atoms with van der Waals surface area (Å²) < 4.78 is 14.1. The quantitative estimate of drug-likeness (QED) is 0.555. The number of unbranched alkanes of at least 4 members (excludes halogenated alkanes) is 1. The molecule has 6 heteroatoms. The Labute approximate surface area is 182 Å². The van der Waals surface area contributed by atoms with E-state index >= 15 is 0 Å². The lowest BCUT2D eigenvalue weighted by molar-refractivity contribution is -0.120. The second-order valence-corrected chi connectivity index (χ2v) is 8.74. The van der Waals surface area contributed by atoms with Crippen LogP contribution in [0.1, 0.15) is 56.0 Å². The maximum absolute atomic E-state index is 14.1. The molecule has 2 unspecified atom stereocenters. The molecule has 30 heavy (non-hydrogen) atoms. The molecule has 1 aliphatic heterocycles. The highest BCUT2D eigenvalue weighted by Crippen LogP contribution is 2.43. The zero-order chi connectivity index (χ0) is 21.7. The van der Waals surface area contributed by atoms with Gasteiger partial charge >= 0.3 is 0 Å². The Morgan fingerprint density at radius 2 is 2.03 bits per heavy atom. The van der Waals surface area contributed by atoms with Gasteiger partial charge in [-0.1, -0.05) is 44.9 Å². The first kappa shape index (κ1) is 22.3. The van der Waals surface area contributed by atoms with Crippen LogP contribution in [-0.2, 0) is 9.59 Å². The van der Waals surface area contributed by atoms with Crippen molar-refractivity contribution in [1.29, 1.82) is 0 Å². The number of carbonyl (C=O) groups is 2. The standard InChI is InChI=1S/C24H29FN2O2S/c1-4-6-9-17(5-2)23(29)26-19-11-7-10-18(14-19)24-27(22(28)15-30-24)21-13-8-12-20(25)16(21)3/h7-8,10-14,17,24H,4-6,9,15H2,1-3H3,(H,26,29). The molecule has 1 heterocycles. The number of nitrogens with zero attached hydrogens (tertiary/aromatic N) is 1. The van der Waals surface area contributed by atoms with E-state index in [0.717, 1.165) is 36.9 Å². The molecule has 0 spiro atoms. The minimum atomic E-state index is -0.324. The van der Waals surface area contributed by atoms with Crippen molar-refractivity contribution in [3.8, 4) is 0 Å². The number of amides is 2. The van der Waals surface area contributed by atoms with E-state index < -0.39 is 0 Å². The van der Waals surface area contributed by atoms with Crippen molar-refractivity contribution in [1.82, 2.24) is 0 Å². The van der Waals surface area contributed by atoms with Gasteiger partial charge in [0.2, 0.25) is 11.8 Å². The fraction of sp³-hybridized carbons (Fsp3) is 0.417. The zero-order valence-electron chi connectivity index (χ0n) is 17.8. The topological polar surface area (TPSA) is 49.4 Å². The van der Waals surface area contributed by atoms with Crippen LogP contribution in [0.5, 0.6) is 0 Å². The maximum Gasteiger partial charge on any atom is 0.238 e. The lowest BCUT2D eigenvalue weighted by Gasteiger charge is -2.26. The second-order valence-electron chi connectivity index (χ2n) is 7.67. The van der Waals surface area contributed by atoms with Crippen molar-refractivity contribution in [2.75, 3.05) is 16.0 Å². The molecule has 0 aliphatic carbocycles. The van der Waals surface area contributed by atoms with Crippen LogP contribution >= 0.6 is 11.8 Å². The largest absolute Gasteiger partial charge is 0.326 e. The fourth-order valence-corrected chi connectivity index (χ4v) is 4.93. The highest BCUT2D eigenvalue weighted by Gasteiger charge is 2.35. The van der Waals surface area contributed by atoms with Gasteiger partial charge in [0.1, 0.15) is 11.2 Å². The van der Waals surface area contributed by atoms with Gasteiger partial charge in [-0.3, -0.25) is 14.5 Å². The van der Waals surface area contributed by atoms with Gasteiger partial charge in [0.25, 0.3) is 0 Å². The Bertz CT molecular complexity index is 918. The number of rotatable bonds is 8. The molecule has 160 valence electrons. The molecule has 2 aromatic carbocycles. The summed E-state index contributed by atoms with van der Waals surface area (Å²) >= 11 is 1.51. The van der Waals surface area contributed by atoms with Crippen molar-refractivity contribution in [2.24, 2.45) is 5.92 Å². The van der Waals surface area contributed by atoms with Crippen molar-refractivity contribution in [2.45, 2.75) is 51.8 Å². The minimum Gasteiger partial charge on any atom is -0.326 e. The highest BCUT2D eigenvalue weighted by molar-refractivity contribution is 8.00. The third-order valence-corrected chi connectivity index (χ3v) is 6.79. The number of anilines is 2. The number of carbonyl (C=O) groups excluding carboxylic acids is 2. The van der Waals surface area contributed by atoms with Gasteiger partial charge in [-0.25, -0.2) is 4.39 Å². The second kappa shape index (κ2) is 10.1. The highest BCUT2D eigenvalue weighted by atomic mass is 32.2. The third-order valence-electron chi connectivity index (χ3n) is 5.58. The number of benzene rings is 2. The maximum atomic E-state index is 14.1. The summed E-state index contributed by atoms with van der Waals surface area (Å²) in [6.07, 6.45) is 3.81. The summed E-state index contributed by atoms with van der Waals surface area (Å²) in [4.78, 5) is 27.0. The van der Waals surface area contributed by atoms with Crippen LogP contribution in [0.15, 0.2) is 42.5 Å². The summed E-state index contributed by atoms with van der Waals surface area (Å²) in [5.74, 6) is 0.0125. The Hall–Kier alpha value is -2.34.